The second kappa shape index (κ2) is 4.66. The third-order valence-corrected chi connectivity index (χ3v) is 3.21. The number of carboxylic acid groups (broad SMARTS) is 1. The first-order chi connectivity index (χ1) is 7.68. The summed E-state index contributed by atoms with van der Waals surface area (Å²) >= 11 is 0. The van der Waals surface area contributed by atoms with Crippen molar-refractivity contribution in [3.63, 3.8) is 0 Å². The summed E-state index contributed by atoms with van der Waals surface area (Å²) in [5.74, 6) is -0.723. The molecule has 1 atom stereocenters. The summed E-state index contributed by atoms with van der Waals surface area (Å²) in [6, 6.07) is 6.60. The van der Waals surface area contributed by atoms with Crippen LogP contribution >= 0.6 is 0 Å². The Morgan fingerprint density at radius 1 is 1.56 bits per heavy atom. The lowest BCUT2D eigenvalue weighted by molar-refractivity contribution is -0.136. The van der Waals surface area contributed by atoms with E-state index < -0.39 is 5.97 Å². The van der Waals surface area contributed by atoms with Gasteiger partial charge >= 0.3 is 5.97 Å². The molecule has 3 heteroatoms. The van der Waals surface area contributed by atoms with Crippen molar-refractivity contribution in [2.24, 2.45) is 0 Å². The van der Waals surface area contributed by atoms with Crippen molar-refractivity contribution < 1.29 is 9.90 Å². The zero-order valence-electron chi connectivity index (χ0n) is 9.49. The Hall–Kier alpha value is -1.35. The van der Waals surface area contributed by atoms with Gasteiger partial charge in [-0.2, -0.15) is 0 Å². The van der Waals surface area contributed by atoms with Crippen molar-refractivity contribution in [2.75, 3.05) is 6.54 Å². The van der Waals surface area contributed by atoms with Gasteiger partial charge in [-0.05, 0) is 43.0 Å². The molecule has 0 aliphatic carbocycles. The van der Waals surface area contributed by atoms with Gasteiger partial charge in [0.15, 0.2) is 0 Å². The Morgan fingerprint density at radius 3 is 3.12 bits per heavy atom. The van der Waals surface area contributed by atoms with Crippen LogP contribution in [0.3, 0.4) is 0 Å². The maximum atomic E-state index is 10.6. The van der Waals surface area contributed by atoms with Crippen molar-refractivity contribution in [2.45, 2.75) is 32.2 Å². The number of nitrogens with one attached hydrogen (secondary N) is 1. The highest BCUT2D eigenvalue weighted by atomic mass is 16.4. The number of aryl methyl sites for hydroxylation is 1. The predicted octanol–water partition coefficient (Wildman–Crippen LogP) is 1.91. The summed E-state index contributed by atoms with van der Waals surface area (Å²) in [7, 11) is 0. The molecular weight excluding hydrogens is 202 g/mol. The first kappa shape index (κ1) is 11.1. The Balaban J connectivity index is 2.25. The fourth-order valence-electron chi connectivity index (χ4n) is 2.36. The van der Waals surface area contributed by atoms with E-state index in [1.54, 1.807) is 0 Å². The van der Waals surface area contributed by atoms with Crippen LogP contribution in [-0.4, -0.2) is 17.6 Å². The third-order valence-electron chi connectivity index (χ3n) is 3.21. The maximum Gasteiger partial charge on any atom is 0.303 e. The highest BCUT2D eigenvalue weighted by Gasteiger charge is 2.17. The SMILES string of the molecule is CC1NCCc2c(CCC(=O)O)cccc21. The topological polar surface area (TPSA) is 49.3 Å². The molecular formula is C13H17NO2. The van der Waals surface area contributed by atoms with Crippen molar-refractivity contribution in [3.05, 3.63) is 34.9 Å². The Bertz CT molecular complexity index is 401. The van der Waals surface area contributed by atoms with Crippen LogP contribution in [0.1, 0.15) is 36.1 Å². The van der Waals surface area contributed by atoms with Crippen LogP contribution in [-0.2, 0) is 17.6 Å². The monoisotopic (exact) mass is 219 g/mol. The average Bonchev–Trinajstić information content (AvgIpc) is 2.27. The molecule has 16 heavy (non-hydrogen) atoms. The summed E-state index contributed by atoms with van der Waals surface area (Å²) in [5.41, 5.74) is 3.89. The zero-order chi connectivity index (χ0) is 11.5. The molecule has 0 saturated carbocycles. The summed E-state index contributed by atoms with van der Waals surface area (Å²) in [4.78, 5) is 10.6. The summed E-state index contributed by atoms with van der Waals surface area (Å²) in [6.45, 7) is 3.14. The van der Waals surface area contributed by atoms with E-state index in [0.717, 1.165) is 13.0 Å². The molecule has 3 nitrogen and oxygen atoms in total. The lowest BCUT2D eigenvalue weighted by Gasteiger charge is -2.26. The van der Waals surface area contributed by atoms with Gasteiger partial charge in [-0.25, -0.2) is 0 Å². The van der Waals surface area contributed by atoms with Crippen LogP contribution in [0.15, 0.2) is 18.2 Å². The summed E-state index contributed by atoms with van der Waals surface area (Å²) in [5, 5.41) is 12.1. The highest BCUT2D eigenvalue weighted by Crippen LogP contribution is 2.26. The van der Waals surface area contributed by atoms with E-state index in [1.807, 2.05) is 6.07 Å². The molecule has 0 fully saturated rings. The molecule has 86 valence electrons. The van der Waals surface area contributed by atoms with Crippen LogP contribution in [0.5, 0.6) is 0 Å². The van der Waals surface area contributed by atoms with Crippen LogP contribution in [0.25, 0.3) is 0 Å². The molecule has 0 saturated heterocycles. The molecule has 0 bridgehead atoms. The van der Waals surface area contributed by atoms with Crippen molar-refractivity contribution in [1.29, 1.82) is 0 Å². The van der Waals surface area contributed by atoms with Crippen LogP contribution in [0.2, 0.25) is 0 Å². The minimum atomic E-state index is -0.723. The quantitative estimate of drug-likeness (QED) is 0.816. The van der Waals surface area contributed by atoms with Crippen molar-refractivity contribution in [3.8, 4) is 0 Å². The average molecular weight is 219 g/mol. The van der Waals surface area contributed by atoms with Gasteiger partial charge in [-0.1, -0.05) is 18.2 Å². The predicted molar refractivity (Wildman–Crippen MR) is 62.5 cm³/mol. The van der Waals surface area contributed by atoms with E-state index in [1.165, 1.54) is 16.7 Å². The molecule has 0 spiro atoms. The third kappa shape index (κ3) is 2.25. The smallest absolute Gasteiger partial charge is 0.303 e. The minimum absolute atomic E-state index is 0.220. The van der Waals surface area contributed by atoms with Gasteiger partial charge in [0.2, 0.25) is 0 Å². The van der Waals surface area contributed by atoms with Crippen LogP contribution in [0, 0.1) is 0 Å². The second-order valence-electron chi connectivity index (χ2n) is 4.30. The molecule has 1 aromatic carbocycles. The van der Waals surface area contributed by atoms with Gasteiger partial charge in [0.05, 0.1) is 0 Å². The van der Waals surface area contributed by atoms with Crippen LogP contribution in [0.4, 0.5) is 0 Å². The number of hydrogen-bond donors (Lipinski definition) is 2. The van der Waals surface area contributed by atoms with E-state index in [9.17, 15) is 4.79 Å². The van der Waals surface area contributed by atoms with Crippen molar-refractivity contribution >= 4 is 5.97 Å². The Kier molecular flexibility index (Phi) is 3.25. The van der Waals surface area contributed by atoms with Gasteiger partial charge < -0.3 is 10.4 Å². The number of aliphatic carboxylic acids is 1. The van der Waals surface area contributed by atoms with Gasteiger partial charge in [0, 0.05) is 12.5 Å². The van der Waals surface area contributed by atoms with Gasteiger partial charge in [-0.15, -0.1) is 0 Å². The fraction of sp³-hybridized carbons (Fsp3) is 0.462. The number of hydrogen-bond acceptors (Lipinski definition) is 2. The number of fused-ring (bicyclic) bond motifs is 1. The first-order valence-corrected chi connectivity index (χ1v) is 5.74. The summed E-state index contributed by atoms with van der Waals surface area (Å²) in [6.07, 6.45) is 1.87. The number of carbonyl (C=O) groups is 1. The van der Waals surface area contributed by atoms with Gasteiger partial charge in [0.1, 0.15) is 0 Å². The Morgan fingerprint density at radius 2 is 2.38 bits per heavy atom. The molecule has 0 amide bonds. The van der Waals surface area contributed by atoms with Gasteiger partial charge in [-0.3, -0.25) is 4.79 Å². The van der Waals surface area contributed by atoms with E-state index in [-0.39, 0.29) is 6.42 Å². The maximum absolute atomic E-state index is 10.6. The number of rotatable bonds is 3. The number of benzene rings is 1. The zero-order valence-corrected chi connectivity index (χ0v) is 9.49. The highest BCUT2D eigenvalue weighted by molar-refractivity contribution is 5.67. The Labute approximate surface area is 95.5 Å². The molecule has 0 aromatic heterocycles. The van der Waals surface area contributed by atoms with E-state index in [2.05, 4.69) is 24.4 Å². The van der Waals surface area contributed by atoms with E-state index in [0.29, 0.717) is 12.5 Å². The largest absolute Gasteiger partial charge is 0.481 e. The summed E-state index contributed by atoms with van der Waals surface area (Å²) < 4.78 is 0. The molecule has 1 aliphatic heterocycles. The van der Waals surface area contributed by atoms with Gasteiger partial charge in [0.25, 0.3) is 0 Å². The van der Waals surface area contributed by atoms with Crippen LogP contribution < -0.4 is 5.32 Å². The molecule has 1 aromatic rings. The molecule has 0 radical (unpaired) electrons. The number of carboxylic acids is 1. The molecule has 2 N–H and O–H groups in total. The molecule has 2 rings (SSSR count). The minimum Gasteiger partial charge on any atom is -0.481 e. The normalized spacial score (nSPS) is 19.2. The lowest BCUT2D eigenvalue weighted by Crippen LogP contribution is -2.28. The fourth-order valence-corrected chi connectivity index (χ4v) is 2.36. The lowest BCUT2D eigenvalue weighted by atomic mass is 9.89. The molecule has 1 unspecified atom stereocenters. The van der Waals surface area contributed by atoms with E-state index in [4.69, 9.17) is 5.11 Å². The van der Waals surface area contributed by atoms with E-state index >= 15 is 0 Å². The van der Waals surface area contributed by atoms with Crippen molar-refractivity contribution in [1.82, 2.24) is 5.32 Å². The second-order valence-corrected chi connectivity index (χ2v) is 4.30. The molecule has 1 heterocycles. The molecule has 1 aliphatic rings. The standard InChI is InChI=1S/C13H17NO2/c1-9-11-4-2-3-10(5-6-13(15)16)12(11)7-8-14-9/h2-4,9,14H,5-8H2,1H3,(H,15,16). The first-order valence-electron chi connectivity index (χ1n) is 5.74.